The summed E-state index contributed by atoms with van der Waals surface area (Å²) in [6.45, 7) is 7.21. The van der Waals surface area contributed by atoms with Crippen LogP contribution in [0.15, 0.2) is 35.4 Å². The number of fused-ring (bicyclic) bond motifs is 3. The Kier molecular flexibility index (Phi) is 4.24. The minimum Gasteiger partial charge on any atom is -0.294 e. The summed E-state index contributed by atoms with van der Waals surface area (Å²) in [5, 5.41) is 0.869. The van der Waals surface area contributed by atoms with Crippen molar-refractivity contribution in [1.82, 2.24) is 9.55 Å². The Hall–Kier alpha value is -1.94. The van der Waals surface area contributed by atoms with E-state index in [1.165, 1.54) is 28.8 Å². The Morgan fingerprint density at radius 1 is 1.28 bits per heavy atom. The van der Waals surface area contributed by atoms with E-state index in [0.717, 1.165) is 22.2 Å². The van der Waals surface area contributed by atoms with Crippen LogP contribution in [0.25, 0.3) is 10.2 Å². The summed E-state index contributed by atoms with van der Waals surface area (Å²) in [6, 6.07) is 8.56. The van der Waals surface area contributed by atoms with Crippen LogP contribution in [0.1, 0.15) is 67.0 Å². The second kappa shape index (κ2) is 6.41. The van der Waals surface area contributed by atoms with Crippen LogP contribution in [0.3, 0.4) is 0 Å². The summed E-state index contributed by atoms with van der Waals surface area (Å²) in [4.78, 5) is 20.0. The second-order valence-corrected chi connectivity index (χ2v) is 8.57. The molecule has 2 heterocycles. The van der Waals surface area contributed by atoms with Crippen molar-refractivity contribution in [3.8, 4) is 0 Å². The number of aromatic nitrogens is 2. The van der Waals surface area contributed by atoms with Gasteiger partial charge in [-0.25, -0.2) is 4.98 Å². The maximum Gasteiger partial charge on any atom is 0.262 e. The van der Waals surface area contributed by atoms with Crippen molar-refractivity contribution in [2.75, 3.05) is 0 Å². The number of thiophene rings is 1. The lowest BCUT2D eigenvalue weighted by Gasteiger charge is -2.18. The molecule has 3 aromatic rings. The fourth-order valence-electron chi connectivity index (χ4n) is 3.83. The van der Waals surface area contributed by atoms with E-state index in [2.05, 4.69) is 50.0 Å². The van der Waals surface area contributed by atoms with Gasteiger partial charge >= 0.3 is 0 Å². The number of aryl methyl sites for hydroxylation is 1. The quantitative estimate of drug-likeness (QED) is 0.659. The Labute approximate surface area is 152 Å². The third-order valence-corrected chi connectivity index (χ3v) is 6.50. The molecule has 1 aliphatic rings. The molecule has 2 aromatic heterocycles. The van der Waals surface area contributed by atoms with Gasteiger partial charge in [-0.1, -0.05) is 45.0 Å². The molecular formula is C21H24N2OS. The van der Waals surface area contributed by atoms with Crippen LogP contribution in [0, 0.1) is 0 Å². The molecule has 0 aliphatic heterocycles. The standard InChI is InChI=1S/C21H24N2OS/c1-13(2)16-9-7-15(8-10-16)11-23-12-22-20-19(21(23)24)18-14(3)5-4-6-17(18)25-20/h7-10,12-14H,4-6,11H2,1-3H3. The van der Waals surface area contributed by atoms with Gasteiger partial charge in [-0.05, 0) is 47.8 Å². The zero-order chi connectivity index (χ0) is 17.6. The number of nitrogens with zero attached hydrogens (tertiary/aromatic N) is 2. The number of hydrogen-bond donors (Lipinski definition) is 0. The number of hydrogen-bond acceptors (Lipinski definition) is 3. The van der Waals surface area contributed by atoms with Crippen LogP contribution in [-0.4, -0.2) is 9.55 Å². The fourth-order valence-corrected chi connectivity index (χ4v) is 5.12. The first-order chi connectivity index (χ1) is 12.0. The highest BCUT2D eigenvalue weighted by molar-refractivity contribution is 7.18. The van der Waals surface area contributed by atoms with E-state index in [-0.39, 0.29) is 5.56 Å². The molecule has 1 unspecified atom stereocenters. The molecule has 4 heteroatoms. The molecule has 3 nitrogen and oxygen atoms in total. The van der Waals surface area contributed by atoms with Gasteiger partial charge in [0.25, 0.3) is 5.56 Å². The van der Waals surface area contributed by atoms with E-state index < -0.39 is 0 Å². The first kappa shape index (κ1) is 16.5. The van der Waals surface area contributed by atoms with Crippen LogP contribution in [0.4, 0.5) is 0 Å². The van der Waals surface area contributed by atoms with Crippen molar-refractivity contribution in [1.29, 1.82) is 0 Å². The van der Waals surface area contributed by atoms with Gasteiger partial charge in [-0.15, -0.1) is 11.3 Å². The summed E-state index contributed by atoms with van der Waals surface area (Å²) < 4.78 is 1.76. The summed E-state index contributed by atoms with van der Waals surface area (Å²) in [6.07, 6.45) is 5.20. The fraction of sp³-hybridized carbons (Fsp3) is 0.429. The Balaban J connectivity index is 1.74. The van der Waals surface area contributed by atoms with Gasteiger partial charge in [-0.3, -0.25) is 9.36 Å². The highest BCUT2D eigenvalue weighted by atomic mass is 32.1. The molecule has 1 atom stereocenters. The average Bonchev–Trinajstić information content (AvgIpc) is 2.98. The van der Waals surface area contributed by atoms with Gasteiger partial charge in [0.05, 0.1) is 18.3 Å². The van der Waals surface area contributed by atoms with E-state index in [9.17, 15) is 4.79 Å². The minimum atomic E-state index is 0.115. The topological polar surface area (TPSA) is 34.9 Å². The molecule has 0 fully saturated rings. The van der Waals surface area contributed by atoms with Crippen LogP contribution >= 0.6 is 11.3 Å². The normalized spacial score (nSPS) is 17.2. The molecule has 25 heavy (non-hydrogen) atoms. The third-order valence-electron chi connectivity index (χ3n) is 5.33. The lowest BCUT2D eigenvalue weighted by Crippen LogP contribution is -2.22. The molecular weight excluding hydrogens is 328 g/mol. The van der Waals surface area contributed by atoms with Gasteiger partial charge < -0.3 is 0 Å². The molecule has 0 N–H and O–H groups in total. The monoisotopic (exact) mass is 352 g/mol. The number of rotatable bonds is 3. The highest BCUT2D eigenvalue weighted by Gasteiger charge is 2.24. The predicted molar refractivity (Wildman–Crippen MR) is 105 cm³/mol. The smallest absolute Gasteiger partial charge is 0.262 e. The first-order valence-corrected chi connectivity index (χ1v) is 9.95. The third kappa shape index (κ3) is 2.93. The van der Waals surface area contributed by atoms with E-state index >= 15 is 0 Å². The van der Waals surface area contributed by atoms with Crippen molar-refractivity contribution in [2.24, 2.45) is 0 Å². The Morgan fingerprint density at radius 2 is 2.04 bits per heavy atom. The molecule has 0 saturated carbocycles. The summed E-state index contributed by atoms with van der Waals surface area (Å²) in [5.41, 5.74) is 3.85. The minimum absolute atomic E-state index is 0.115. The molecule has 0 bridgehead atoms. The maximum absolute atomic E-state index is 13.1. The van der Waals surface area contributed by atoms with E-state index in [1.54, 1.807) is 22.2 Å². The molecule has 0 spiro atoms. The van der Waals surface area contributed by atoms with Gasteiger partial charge in [0, 0.05) is 4.88 Å². The molecule has 4 rings (SSSR count). The molecule has 0 radical (unpaired) electrons. The molecule has 130 valence electrons. The molecule has 0 saturated heterocycles. The first-order valence-electron chi connectivity index (χ1n) is 9.14. The van der Waals surface area contributed by atoms with Gasteiger partial charge in [-0.2, -0.15) is 0 Å². The summed E-state index contributed by atoms with van der Waals surface area (Å²) >= 11 is 1.71. The van der Waals surface area contributed by atoms with Crippen molar-refractivity contribution in [3.05, 3.63) is 62.5 Å². The highest BCUT2D eigenvalue weighted by Crippen LogP contribution is 2.39. The van der Waals surface area contributed by atoms with E-state index in [4.69, 9.17) is 0 Å². The van der Waals surface area contributed by atoms with Gasteiger partial charge in [0.1, 0.15) is 4.83 Å². The van der Waals surface area contributed by atoms with Crippen molar-refractivity contribution >= 4 is 21.6 Å². The van der Waals surface area contributed by atoms with Crippen LogP contribution in [0.2, 0.25) is 0 Å². The van der Waals surface area contributed by atoms with Crippen LogP contribution in [0.5, 0.6) is 0 Å². The maximum atomic E-state index is 13.1. The van der Waals surface area contributed by atoms with Crippen molar-refractivity contribution < 1.29 is 0 Å². The molecule has 0 amide bonds. The second-order valence-electron chi connectivity index (χ2n) is 7.49. The Bertz CT molecular complexity index is 966. The van der Waals surface area contributed by atoms with E-state index in [0.29, 0.717) is 18.4 Å². The lowest BCUT2D eigenvalue weighted by atomic mass is 9.88. The van der Waals surface area contributed by atoms with Crippen LogP contribution in [-0.2, 0) is 13.0 Å². The number of benzene rings is 1. The predicted octanol–water partition coefficient (Wildman–Crippen LogP) is 5.07. The van der Waals surface area contributed by atoms with Crippen LogP contribution < -0.4 is 5.56 Å². The molecule has 1 aromatic carbocycles. The van der Waals surface area contributed by atoms with Gasteiger partial charge in [0.2, 0.25) is 0 Å². The zero-order valence-electron chi connectivity index (χ0n) is 15.1. The van der Waals surface area contributed by atoms with Crippen molar-refractivity contribution in [2.45, 2.75) is 58.4 Å². The summed E-state index contributed by atoms with van der Waals surface area (Å²) in [7, 11) is 0. The zero-order valence-corrected chi connectivity index (χ0v) is 15.9. The van der Waals surface area contributed by atoms with Crippen molar-refractivity contribution in [3.63, 3.8) is 0 Å². The molecule has 1 aliphatic carbocycles. The Morgan fingerprint density at radius 3 is 2.76 bits per heavy atom. The SMILES string of the molecule is CC(C)c1ccc(Cn2cnc3sc4c(c3c2=O)C(C)CCC4)cc1. The average molecular weight is 353 g/mol. The van der Waals surface area contributed by atoms with E-state index in [1.807, 2.05) is 0 Å². The lowest BCUT2D eigenvalue weighted by molar-refractivity contribution is 0.601. The van der Waals surface area contributed by atoms with Gasteiger partial charge in [0.15, 0.2) is 0 Å². The summed E-state index contributed by atoms with van der Waals surface area (Å²) in [5.74, 6) is 0.988. The largest absolute Gasteiger partial charge is 0.294 e.